The fourth-order valence-corrected chi connectivity index (χ4v) is 3.24. The minimum Gasteiger partial charge on any atom is -0.493 e. The topological polar surface area (TPSA) is 84.9 Å². The van der Waals surface area contributed by atoms with E-state index in [4.69, 9.17) is 21.1 Å². The van der Waals surface area contributed by atoms with Gasteiger partial charge in [-0.3, -0.25) is 4.79 Å². The first-order valence-electron chi connectivity index (χ1n) is 7.46. The van der Waals surface area contributed by atoms with Crippen LogP contribution in [0, 0.1) is 0 Å². The number of amides is 1. The number of carbonyl (C=O) groups is 1. The van der Waals surface area contributed by atoms with Crippen molar-refractivity contribution in [3.8, 4) is 11.5 Å². The van der Waals surface area contributed by atoms with Crippen molar-refractivity contribution in [2.24, 2.45) is 0 Å². The van der Waals surface area contributed by atoms with Crippen molar-refractivity contribution in [1.82, 2.24) is 4.31 Å². The van der Waals surface area contributed by atoms with E-state index in [1.54, 1.807) is 6.07 Å². The Kier molecular flexibility index (Phi) is 6.12. The van der Waals surface area contributed by atoms with Gasteiger partial charge in [0, 0.05) is 31.8 Å². The predicted octanol–water partition coefficient (Wildman–Crippen LogP) is 2.86. The monoisotopic (exact) mass is 398 g/mol. The van der Waals surface area contributed by atoms with Crippen LogP contribution < -0.4 is 14.8 Å². The Bertz CT molecular complexity index is 911. The Morgan fingerprint density at radius 3 is 2.08 bits per heavy atom. The molecule has 0 unspecified atom stereocenters. The maximum Gasteiger partial charge on any atom is 0.255 e. The lowest BCUT2D eigenvalue weighted by atomic mass is 10.2. The Morgan fingerprint density at radius 1 is 1.04 bits per heavy atom. The zero-order chi connectivity index (χ0) is 19.5. The van der Waals surface area contributed by atoms with E-state index in [1.165, 1.54) is 58.6 Å². The summed E-state index contributed by atoms with van der Waals surface area (Å²) in [5.74, 6) is 0.418. The average Bonchev–Trinajstić information content (AvgIpc) is 2.62. The van der Waals surface area contributed by atoms with Gasteiger partial charge in [0.05, 0.1) is 29.8 Å². The molecule has 0 bridgehead atoms. The van der Waals surface area contributed by atoms with Gasteiger partial charge in [0.1, 0.15) is 0 Å². The van der Waals surface area contributed by atoms with Gasteiger partial charge >= 0.3 is 0 Å². The lowest BCUT2D eigenvalue weighted by Crippen LogP contribution is -2.22. The molecule has 2 rings (SSSR count). The molecule has 1 N–H and O–H groups in total. The minimum absolute atomic E-state index is 0.100. The van der Waals surface area contributed by atoms with Crippen molar-refractivity contribution in [1.29, 1.82) is 0 Å². The molecule has 0 aliphatic heterocycles. The molecule has 2 aromatic rings. The largest absolute Gasteiger partial charge is 0.493 e. The first kappa shape index (κ1) is 20.0. The number of nitrogens with one attached hydrogen (secondary N) is 1. The molecule has 0 fully saturated rings. The molecule has 0 aliphatic rings. The minimum atomic E-state index is -3.55. The molecule has 0 atom stereocenters. The SMILES string of the molecule is COc1cc(Cl)c(NC(=O)c2ccc(S(=O)(=O)N(C)C)cc2)cc1OC. The molecule has 0 aromatic heterocycles. The second kappa shape index (κ2) is 7.94. The van der Waals surface area contributed by atoms with Crippen LogP contribution in [-0.4, -0.2) is 46.9 Å². The van der Waals surface area contributed by atoms with Gasteiger partial charge in [-0.15, -0.1) is 0 Å². The molecule has 0 aliphatic carbocycles. The highest BCUT2D eigenvalue weighted by molar-refractivity contribution is 7.89. The van der Waals surface area contributed by atoms with Crippen LogP contribution in [0.3, 0.4) is 0 Å². The van der Waals surface area contributed by atoms with Gasteiger partial charge in [-0.1, -0.05) is 11.6 Å². The lowest BCUT2D eigenvalue weighted by Gasteiger charge is -2.13. The highest BCUT2D eigenvalue weighted by Gasteiger charge is 2.18. The Labute approximate surface area is 157 Å². The summed E-state index contributed by atoms with van der Waals surface area (Å²) in [4.78, 5) is 12.5. The van der Waals surface area contributed by atoms with Crippen molar-refractivity contribution >= 4 is 33.2 Å². The van der Waals surface area contributed by atoms with Crippen LogP contribution in [0.4, 0.5) is 5.69 Å². The molecule has 0 saturated carbocycles. The normalized spacial score (nSPS) is 11.3. The zero-order valence-corrected chi connectivity index (χ0v) is 16.3. The summed E-state index contributed by atoms with van der Waals surface area (Å²) in [7, 11) is 2.28. The standard InChI is InChI=1S/C17H19ClN2O5S/c1-20(2)26(22,23)12-7-5-11(6-8-12)17(21)19-14-10-16(25-4)15(24-3)9-13(14)18/h5-10H,1-4H3,(H,19,21). The van der Waals surface area contributed by atoms with Gasteiger partial charge in [0.2, 0.25) is 10.0 Å². The first-order chi connectivity index (χ1) is 12.2. The molecular formula is C17H19ClN2O5S. The molecule has 0 spiro atoms. The van der Waals surface area contributed by atoms with E-state index in [2.05, 4.69) is 5.32 Å². The highest BCUT2D eigenvalue weighted by atomic mass is 35.5. The molecule has 0 radical (unpaired) electrons. The average molecular weight is 399 g/mol. The maximum absolute atomic E-state index is 12.4. The summed E-state index contributed by atoms with van der Waals surface area (Å²) in [6, 6.07) is 8.69. The number of hydrogen-bond acceptors (Lipinski definition) is 5. The molecule has 2 aromatic carbocycles. The number of anilines is 1. The van der Waals surface area contributed by atoms with Crippen LogP contribution in [0.15, 0.2) is 41.3 Å². The van der Waals surface area contributed by atoms with Crippen LogP contribution in [0.1, 0.15) is 10.4 Å². The number of sulfonamides is 1. The third-order valence-corrected chi connectivity index (χ3v) is 5.76. The van der Waals surface area contributed by atoms with E-state index >= 15 is 0 Å². The molecule has 140 valence electrons. The lowest BCUT2D eigenvalue weighted by molar-refractivity contribution is 0.102. The number of halogens is 1. The molecule has 0 saturated heterocycles. The first-order valence-corrected chi connectivity index (χ1v) is 9.28. The van der Waals surface area contributed by atoms with Crippen LogP contribution in [0.25, 0.3) is 0 Å². The van der Waals surface area contributed by atoms with Crippen molar-refractivity contribution in [2.75, 3.05) is 33.6 Å². The van der Waals surface area contributed by atoms with Crippen molar-refractivity contribution in [2.45, 2.75) is 4.90 Å². The zero-order valence-electron chi connectivity index (χ0n) is 14.7. The van der Waals surface area contributed by atoms with Crippen LogP contribution in [-0.2, 0) is 10.0 Å². The van der Waals surface area contributed by atoms with Crippen LogP contribution in [0.5, 0.6) is 11.5 Å². The summed E-state index contributed by atoms with van der Waals surface area (Å²) < 4.78 is 35.6. The van der Waals surface area contributed by atoms with Crippen molar-refractivity contribution in [3.63, 3.8) is 0 Å². The Balaban J connectivity index is 2.26. The molecule has 9 heteroatoms. The highest BCUT2D eigenvalue weighted by Crippen LogP contribution is 2.36. The number of nitrogens with zero attached hydrogens (tertiary/aromatic N) is 1. The van der Waals surface area contributed by atoms with Gasteiger partial charge in [-0.2, -0.15) is 0 Å². The van der Waals surface area contributed by atoms with E-state index in [0.717, 1.165) is 4.31 Å². The fourth-order valence-electron chi connectivity index (χ4n) is 2.13. The summed E-state index contributed by atoms with van der Waals surface area (Å²) in [6.45, 7) is 0. The van der Waals surface area contributed by atoms with Gasteiger partial charge in [0.15, 0.2) is 11.5 Å². The van der Waals surface area contributed by atoms with Gasteiger partial charge in [-0.25, -0.2) is 12.7 Å². The number of rotatable bonds is 6. The van der Waals surface area contributed by atoms with Crippen LogP contribution >= 0.6 is 11.6 Å². The molecule has 1 amide bonds. The molecule has 0 heterocycles. The van der Waals surface area contributed by atoms with E-state index in [-0.39, 0.29) is 15.5 Å². The smallest absolute Gasteiger partial charge is 0.255 e. The number of methoxy groups -OCH3 is 2. The Hall–Kier alpha value is -2.29. The quantitative estimate of drug-likeness (QED) is 0.808. The van der Waals surface area contributed by atoms with E-state index < -0.39 is 15.9 Å². The fraction of sp³-hybridized carbons (Fsp3) is 0.235. The van der Waals surface area contributed by atoms with Crippen LogP contribution in [0.2, 0.25) is 5.02 Å². The van der Waals surface area contributed by atoms with Crippen molar-refractivity contribution < 1.29 is 22.7 Å². The van der Waals surface area contributed by atoms with Gasteiger partial charge < -0.3 is 14.8 Å². The number of ether oxygens (including phenoxy) is 2. The third kappa shape index (κ3) is 4.09. The third-order valence-electron chi connectivity index (χ3n) is 3.62. The molecule has 26 heavy (non-hydrogen) atoms. The summed E-state index contributed by atoms with van der Waals surface area (Å²) >= 11 is 6.15. The molecular weight excluding hydrogens is 380 g/mol. The second-order valence-electron chi connectivity index (χ2n) is 5.45. The predicted molar refractivity (Wildman–Crippen MR) is 99.8 cm³/mol. The summed E-state index contributed by atoms with van der Waals surface area (Å²) in [6.07, 6.45) is 0. The second-order valence-corrected chi connectivity index (χ2v) is 8.01. The Morgan fingerprint density at radius 2 is 1.58 bits per heavy atom. The van der Waals surface area contributed by atoms with E-state index in [9.17, 15) is 13.2 Å². The van der Waals surface area contributed by atoms with Gasteiger partial charge in [-0.05, 0) is 24.3 Å². The summed E-state index contributed by atoms with van der Waals surface area (Å²) in [5, 5.41) is 2.95. The van der Waals surface area contributed by atoms with E-state index in [1.807, 2.05) is 0 Å². The number of benzene rings is 2. The number of hydrogen-bond donors (Lipinski definition) is 1. The maximum atomic E-state index is 12.4. The number of carbonyl (C=O) groups excluding carboxylic acids is 1. The van der Waals surface area contributed by atoms with E-state index in [0.29, 0.717) is 17.2 Å². The molecule has 7 nitrogen and oxygen atoms in total. The van der Waals surface area contributed by atoms with Crippen molar-refractivity contribution in [3.05, 3.63) is 47.0 Å². The van der Waals surface area contributed by atoms with Gasteiger partial charge in [0.25, 0.3) is 5.91 Å². The summed E-state index contributed by atoms with van der Waals surface area (Å²) in [5.41, 5.74) is 0.632.